The maximum Gasteiger partial charge on any atom is 0.337 e. The van der Waals surface area contributed by atoms with Crippen molar-refractivity contribution in [3.05, 3.63) is 70.5 Å². The molecule has 1 heterocycles. The fraction of sp³-hybridized carbons (Fsp3) is 0.227. The summed E-state index contributed by atoms with van der Waals surface area (Å²) in [5, 5.41) is 14.9. The van der Waals surface area contributed by atoms with Crippen LogP contribution in [0.2, 0.25) is 5.02 Å². The molecule has 0 saturated heterocycles. The van der Waals surface area contributed by atoms with Crippen LogP contribution in [0.4, 0.5) is 5.69 Å². The zero-order chi connectivity index (χ0) is 24.0. The molecule has 11 heteroatoms. The molecule has 3 aromatic rings. The molecule has 1 aromatic heterocycles. The summed E-state index contributed by atoms with van der Waals surface area (Å²) in [6, 6.07) is 12.7. The Kier molecular flexibility index (Phi) is 8.07. The van der Waals surface area contributed by atoms with Gasteiger partial charge in [-0.1, -0.05) is 35.5 Å². The number of amides is 2. The summed E-state index contributed by atoms with van der Waals surface area (Å²) < 4.78 is 6.41. The van der Waals surface area contributed by atoms with Crippen molar-refractivity contribution < 1.29 is 19.1 Å². The highest BCUT2D eigenvalue weighted by atomic mass is 35.5. The average molecular weight is 488 g/mol. The van der Waals surface area contributed by atoms with Gasteiger partial charge in [-0.25, -0.2) is 4.79 Å². The standard InChI is InChI=1S/C22H22ClN5O4S/c1-13(24-20(30)14-6-4-8-16(23)10-14)19-26-27-22(28(19)2)33-12-18(29)25-17-9-5-7-15(11-17)21(31)32-3/h4-11,13H,12H2,1-3H3,(H,24,30)(H,25,29)/t13-/m1/s1. The molecule has 0 aliphatic heterocycles. The number of hydrogen-bond donors (Lipinski definition) is 2. The summed E-state index contributed by atoms with van der Waals surface area (Å²) in [5.74, 6) is -0.412. The lowest BCUT2D eigenvalue weighted by Crippen LogP contribution is -2.28. The van der Waals surface area contributed by atoms with Gasteiger partial charge in [-0.15, -0.1) is 10.2 Å². The van der Waals surface area contributed by atoms with Gasteiger partial charge in [0.05, 0.1) is 24.5 Å². The lowest BCUT2D eigenvalue weighted by molar-refractivity contribution is -0.113. The van der Waals surface area contributed by atoms with Crippen LogP contribution in [-0.2, 0) is 16.6 Å². The van der Waals surface area contributed by atoms with E-state index in [0.29, 0.717) is 32.8 Å². The van der Waals surface area contributed by atoms with E-state index in [0.717, 1.165) is 0 Å². The van der Waals surface area contributed by atoms with Crippen molar-refractivity contribution in [3.8, 4) is 0 Å². The van der Waals surface area contributed by atoms with E-state index < -0.39 is 12.0 Å². The van der Waals surface area contributed by atoms with Gasteiger partial charge >= 0.3 is 5.97 Å². The van der Waals surface area contributed by atoms with E-state index in [1.54, 1.807) is 67.1 Å². The van der Waals surface area contributed by atoms with Gasteiger partial charge in [0.25, 0.3) is 5.91 Å². The SMILES string of the molecule is COC(=O)c1cccc(NC(=O)CSc2nnc([C@@H](C)NC(=O)c3cccc(Cl)c3)n2C)c1. The van der Waals surface area contributed by atoms with Crippen LogP contribution in [0, 0.1) is 0 Å². The minimum Gasteiger partial charge on any atom is -0.465 e. The molecule has 33 heavy (non-hydrogen) atoms. The zero-order valence-corrected chi connectivity index (χ0v) is 19.7. The van der Waals surface area contributed by atoms with E-state index in [9.17, 15) is 14.4 Å². The first-order chi connectivity index (χ1) is 15.8. The van der Waals surface area contributed by atoms with Gasteiger partial charge in [0, 0.05) is 23.3 Å². The van der Waals surface area contributed by atoms with Crippen LogP contribution in [0.15, 0.2) is 53.7 Å². The third-order valence-corrected chi connectivity index (χ3v) is 5.85. The van der Waals surface area contributed by atoms with E-state index in [1.165, 1.54) is 18.9 Å². The Hall–Kier alpha value is -3.37. The van der Waals surface area contributed by atoms with Gasteiger partial charge in [0.15, 0.2) is 11.0 Å². The second-order valence-electron chi connectivity index (χ2n) is 7.01. The first kappa shape index (κ1) is 24.3. The number of thioether (sulfide) groups is 1. The Balaban J connectivity index is 1.58. The molecule has 0 fully saturated rings. The molecule has 0 unspecified atom stereocenters. The van der Waals surface area contributed by atoms with Crippen LogP contribution in [0.5, 0.6) is 0 Å². The molecular formula is C22H22ClN5O4S. The number of benzene rings is 2. The number of aromatic nitrogens is 3. The van der Waals surface area contributed by atoms with Crippen LogP contribution in [0.25, 0.3) is 0 Å². The van der Waals surface area contributed by atoms with Crippen molar-refractivity contribution in [1.82, 2.24) is 20.1 Å². The number of hydrogen-bond acceptors (Lipinski definition) is 7. The lowest BCUT2D eigenvalue weighted by Gasteiger charge is -2.13. The topological polar surface area (TPSA) is 115 Å². The van der Waals surface area contributed by atoms with Crippen LogP contribution in [0.3, 0.4) is 0 Å². The van der Waals surface area contributed by atoms with E-state index in [1.807, 2.05) is 0 Å². The molecule has 0 spiro atoms. The van der Waals surface area contributed by atoms with Gasteiger partial charge < -0.3 is 19.9 Å². The second kappa shape index (κ2) is 11.0. The quantitative estimate of drug-likeness (QED) is 0.369. The molecule has 172 valence electrons. The van der Waals surface area contributed by atoms with E-state index in [-0.39, 0.29) is 17.6 Å². The number of nitrogens with one attached hydrogen (secondary N) is 2. The molecule has 9 nitrogen and oxygen atoms in total. The lowest BCUT2D eigenvalue weighted by atomic mass is 10.2. The molecule has 0 aliphatic rings. The number of carbonyl (C=O) groups is 3. The molecule has 2 N–H and O–H groups in total. The molecule has 0 radical (unpaired) electrons. The largest absolute Gasteiger partial charge is 0.465 e. The summed E-state index contributed by atoms with van der Waals surface area (Å²) in [5.41, 5.74) is 1.27. The van der Waals surface area contributed by atoms with E-state index in [2.05, 4.69) is 25.6 Å². The van der Waals surface area contributed by atoms with Gasteiger partial charge in [-0.05, 0) is 43.3 Å². The van der Waals surface area contributed by atoms with Crippen molar-refractivity contribution in [1.29, 1.82) is 0 Å². The molecule has 0 saturated carbocycles. The summed E-state index contributed by atoms with van der Waals surface area (Å²) in [6.45, 7) is 1.79. The summed E-state index contributed by atoms with van der Waals surface area (Å²) in [6.07, 6.45) is 0. The summed E-state index contributed by atoms with van der Waals surface area (Å²) in [4.78, 5) is 36.4. The Bertz CT molecular complexity index is 1180. The Labute approximate surface area is 199 Å². The maximum absolute atomic E-state index is 12.5. The predicted octanol–water partition coefficient (Wildman–Crippen LogP) is 3.48. The molecule has 2 aromatic carbocycles. The van der Waals surface area contributed by atoms with Crippen LogP contribution in [0.1, 0.15) is 39.5 Å². The van der Waals surface area contributed by atoms with Crippen molar-refractivity contribution >= 4 is 46.8 Å². The highest BCUT2D eigenvalue weighted by molar-refractivity contribution is 7.99. The van der Waals surface area contributed by atoms with Gasteiger partial charge in [0.2, 0.25) is 5.91 Å². The molecule has 0 bridgehead atoms. The molecular weight excluding hydrogens is 466 g/mol. The van der Waals surface area contributed by atoms with Crippen LogP contribution >= 0.6 is 23.4 Å². The Morgan fingerprint density at radius 1 is 1.12 bits per heavy atom. The molecule has 2 amide bonds. The average Bonchev–Trinajstić information content (AvgIpc) is 3.17. The first-order valence-electron chi connectivity index (χ1n) is 9.85. The summed E-state index contributed by atoms with van der Waals surface area (Å²) in [7, 11) is 3.06. The Morgan fingerprint density at radius 3 is 2.58 bits per heavy atom. The smallest absolute Gasteiger partial charge is 0.337 e. The monoisotopic (exact) mass is 487 g/mol. The number of anilines is 1. The summed E-state index contributed by atoms with van der Waals surface area (Å²) >= 11 is 7.15. The fourth-order valence-corrected chi connectivity index (χ4v) is 3.88. The zero-order valence-electron chi connectivity index (χ0n) is 18.2. The Morgan fingerprint density at radius 2 is 1.85 bits per heavy atom. The van der Waals surface area contributed by atoms with E-state index >= 15 is 0 Å². The van der Waals surface area contributed by atoms with E-state index in [4.69, 9.17) is 11.6 Å². The fourth-order valence-electron chi connectivity index (χ4n) is 2.97. The first-order valence-corrected chi connectivity index (χ1v) is 11.2. The predicted molar refractivity (Wildman–Crippen MR) is 125 cm³/mol. The number of carbonyl (C=O) groups excluding carboxylic acids is 3. The number of nitrogens with zero attached hydrogens (tertiary/aromatic N) is 3. The highest BCUT2D eigenvalue weighted by Crippen LogP contribution is 2.20. The third kappa shape index (κ3) is 6.33. The number of esters is 1. The number of halogens is 1. The van der Waals surface area contributed by atoms with Crippen molar-refractivity contribution in [2.75, 3.05) is 18.2 Å². The number of rotatable bonds is 8. The maximum atomic E-state index is 12.5. The highest BCUT2D eigenvalue weighted by Gasteiger charge is 2.19. The normalized spacial score (nSPS) is 11.5. The molecule has 3 rings (SSSR count). The van der Waals surface area contributed by atoms with Gasteiger partial charge in [0.1, 0.15) is 0 Å². The molecule has 1 atom stereocenters. The number of methoxy groups -OCH3 is 1. The van der Waals surface area contributed by atoms with Crippen LogP contribution in [-0.4, -0.2) is 45.4 Å². The van der Waals surface area contributed by atoms with Crippen molar-refractivity contribution in [3.63, 3.8) is 0 Å². The third-order valence-electron chi connectivity index (χ3n) is 4.59. The van der Waals surface area contributed by atoms with Gasteiger partial charge in [-0.3, -0.25) is 9.59 Å². The minimum absolute atomic E-state index is 0.0810. The van der Waals surface area contributed by atoms with Gasteiger partial charge in [-0.2, -0.15) is 0 Å². The van der Waals surface area contributed by atoms with Crippen molar-refractivity contribution in [2.45, 2.75) is 18.1 Å². The number of ether oxygens (including phenoxy) is 1. The van der Waals surface area contributed by atoms with Crippen molar-refractivity contribution in [2.24, 2.45) is 7.05 Å². The molecule has 0 aliphatic carbocycles. The second-order valence-corrected chi connectivity index (χ2v) is 8.39. The van der Waals surface area contributed by atoms with Crippen LogP contribution < -0.4 is 10.6 Å². The minimum atomic E-state index is -0.483.